The Labute approximate surface area is 118 Å². The van der Waals surface area contributed by atoms with Gasteiger partial charge in [0.05, 0.1) is 13.2 Å². The van der Waals surface area contributed by atoms with Crippen LogP contribution >= 0.6 is 11.3 Å². The monoisotopic (exact) mass is 282 g/mol. The number of nitrogens with zero attached hydrogens (tertiary/aromatic N) is 3. The van der Waals surface area contributed by atoms with Crippen molar-refractivity contribution in [1.82, 2.24) is 15.2 Å². The zero-order chi connectivity index (χ0) is 13.1. The third-order valence-electron chi connectivity index (χ3n) is 3.66. The van der Waals surface area contributed by atoms with Gasteiger partial charge in [-0.15, -0.1) is 11.3 Å². The lowest BCUT2D eigenvalue weighted by Gasteiger charge is -2.31. The average Bonchev–Trinajstić information content (AvgIpc) is 2.88. The molecule has 3 heterocycles. The second-order valence-corrected chi connectivity index (χ2v) is 6.39. The van der Waals surface area contributed by atoms with Crippen molar-refractivity contribution in [2.24, 2.45) is 0 Å². The molecular formula is C13H22N4OS. The molecular weight excluding hydrogens is 260 g/mol. The van der Waals surface area contributed by atoms with E-state index in [0.717, 1.165) is 57.6 Å². The van der Waals surface area contributed by atoms with Gasteiger partial charge >= 0.3 is 0 Å². The molecule has 0 bridgehead atoms. The summed E-state index contributed by atoms with van der Waals surface area (Å²) in [5.41, 5.74) is 0. The summed E-state index contributed by atoms with van der Waals surface area (Å²) < 4.78 is 5.38. The van der Waals surface area contributed by atoms with Gasteiger partial charge in [-0.25, -0.2) is 4.98 Å². The Morgan fingerprint density at radius 1 is 1.42 bits per heavy atom. The molecule has 0 saturated carbocycles. The first-order valence-corrected chi connectivity index (χ1v) is 7.86. The lowest BCUT2D eigenvalue weighted by molar-refractivity contribution is 0.122. The number of piperazine rings is 1. The van der Waals surface area contributed by atoms with E-state index in [1.54, 1.807) is 0 Å². The van der Waals surface area contributed by atoms with Crippen molar-refractivity contribution >= 4 is 16.5 Å². The van der Waals surface area contributed by atoms with Gasteiger partial charge in [0.25, 0.3) is 0 Å². The molecule has 0 radical (unpaired) electrons. The van der Waals surface area contributed by atoms with E-state index >= 15 is 0 Å². The second kappa shape index (κ2) is 6.17. The van der Waals surface area contributed by atoms with Gasteiger partial charge in [-0.2, -0.15) is 0 Å². The number of rotatable bonds is 3. The molecule has 19 heavy (non-hydrogen) atoms. The Hall–Kier alpha value is -0.690. The molecule has 3 rings (SSSR count). The zero-order valence-electron chi connectivity index (χ0n) is 11.5. The fourth-order valence-electron chi connectivity index (χ4n) is 2.65. The summed E-state index contributed by atoms with van der Waals surface area (Å²) in [4.78, 5) is 10.8. The highest BCUT2D eigenvalue weighted by Gasteiger charge is 2.18. The van der Waals surface area contributed by atoms with Crippen molar-refractivity contribution in [3.8, 4) is 0 Å². The van der Waals surface area contributed by atoms with E-state index in [-0.39, 0.29) is 0 Å². The maximum Gasteiger partial charge on any atom is 0.185 e. The average molecular weight is 282 g/mol. The summed E-state index contributed by atoms with van der Waals surface area (Å²) in [5, 5.41) is 4.63. The van der Waals surface area contributed by atoms with Crippen LogP contribution in [0.2, 0.25) is 0 Å². The van der Waals surface area contributed by atoms with Crippen LogP contribution in [0.15, 0.2) is 6.20 Å². The predicted molar refractivity (Wildman–Crippen MR) is 77.9 cm³/mol. The van der Waals surface area contributed by atoms with Crippen molar-refractivity contribution in [3.05, 3.63) is 11.1 Å². The summed E-state index contributed by atoms with van der Waals surface area (Å²) in [7, 11) is 0. The van der Waals surface area contributed by atoms with E-state index in [1.165, 1.54) is 4.88 Å². The van der Waals surface area contributed by atoms with Crippen molar-refractivity contribution in [2.45, 2.75) is 19.5 Å². The molecule has 1 aromatic rings. The Morgan fingerprint density at radius 2 is 2.26 bits per heavy atom. The SMILES string of the molecule is CC1CN(Cc2cnc(N3CCOCC3)s2)CCN1. The van der Waals surface area contributed by atoms with E-state index < -0.39 is 0 Å². The highest BCUT2D eigenvalue weighted by Crippen LogP contribution is 2.24. The molecule has 2 aliphatic rings. The highest BCUT2D eigenvalue weighted by atomic mass is 32.1. The maximum absolute atomic E-state index is 5.38. The van der Waals surface area contributed by atoms with E-state index in [0.29, 0.717) is 6.04 Å². The summed E-state index contributed by atoms with van der Waals surface area (Å²) in [6.07, 6.45) is 2.04. The summed E-state index contributed by atoms with van der Waals surface area (Å²) in [5.74, 6) is 0. The van der Waals surface area contributed by atoms with Crippen LogP contribution in [0.1, 0.15) is 11.8 Å². The third-order valence-corrected chi connectivity index (χ3v) is 4.70. The molecule has 1 aromatic heterocycles. The molecule has 5 nitrogen and oxygen atoms in total. The van der Waals surface area contributed by atoms with Gasteiger partial charge in [0.2, 0.25) is 0 Å². The number of ether oxygens (including phenoxy) is 1. The standard InChI is InChI=1S/C13H22N4OS/c1-11-9-16(3-2-14-11)10-12-8-15-13(19-12)17-4-6-18-7-5-17/h8,11,14H,2-7,9-10H2,1H3. The van der Waals surface area contributed by atoms with Crippen molar-refractivity contribution < 1.29 is 4.74 Å². The molecule has 106 valence electrons. The Kier molecular flexibility index (Phi) is 4.32. The van der Waals surface area contributed by atoms with Gasteiger partial charge in [0, 0.05) is 56.4 Å². The number of morpholine rings is 1. The predicted octanol–water partition coefficient (Wildman–Crippen LogP) is 0.773. The Balaban J connectivity index is 1.58. The topological polar surface area (TPSA) is 40.6 Å². The fraction of sp³-hybridized carbons (Fsp3) is 0.769. The van der Waals surface area contributed by atoms with Gasteiger partial charge < -0.3 is 15.0 Å². The largest absolute Gasteiger partial charge is 0.378 e. The zero-order valence-corrected chi connectivity index (χ0v) is 12.3. The van der Waals surface area contributed by atoms with Crippen LogP contribution in [-0.2, 0) is 11.3 Å². The van der Waals surface area contributed by atoms with Crippen LogP contribution < -0.4 is 10.2 Å². The first-order chi connectivity index (χ1) is 9.31. The molecule has 0 spiro atoms. The summed E-state index contributed by atoms with van der Waals surface area (Å²) in [6, 6.07) is 0.598. The van der Waals surface area contributed by atoms with Gasteiger partial charge in [0.15, 0.2) is 5.13 Å². The minimum absolute atomic E-state index is 0.598. The third kappa shape index (κ3) is 3.45. The van der Waals surface area contributed by atoms with Crippen LogP contribution in [0.25, 0.3) is 0 Å². The molecule has 0 aromatic carbocycles. The molecule has 0 aliphatic carbocycles. The molecule has 2 fully saturated rings. The van der Waals surface area contributed by atoms with Crippen LogP contribution in [0.5, 0.6) is 0 Å². The van der Waals surface area contributed by atoms with E-state index in [4.69, 9.17) is 4.74 Å². The second-order valence-electron chi connectivity index (χ2n) is 5.30. The van der Waals surface area contributed by atoms with Crippen molar-refractivity contribution in [2.75, 3.05) is 50.8 Å². The van der Waals surface area contributed by atoms with E-state index in [9.17, 15) is 0 Å². The lowest BCUT2D eigenvalue weighted by Crippen LogP contribution is -2.48. The quantitative estimate of drug-likeness (QED) is 0.887. The number of aromatic nitrogens is 1. The molecule has 1 unspecified atom stereocenters. The molecule has 1 N–H and O–H groups in total. The molecule has 6 heteroatoms. The Morgan fingerprint density at radius 3 is 3.05 bits per heavy atom. The smallest absolute Gasteiger partial charge is 0.185 e. The van der Waals surface area contributed by atoms with Gasteiger partial charge in [-0.1, -0.05) is 0 Å². The van der Waals surface area contributed by atoms with E-state index in [2.05, 4.69) is 27.0 Å². The normalized spacial score (nSPS) is 25.7. The van der Waals surface area contributed by atoms with Gasteiger partial charge in [0.1, 0.15) is 0 Å². The van der Waals surface area contributed by atoms with E-state index in [1.807, 2.05) is 17.5 Å². The number of hydrogen-bond donors (Lipinski definition) is 1. The fourth-order valence-corrected chi connectivity index (χ4v) is 3.65. The van der Waals surface area contributed by atoms with Crippen LogP contribution in [0.3, 0.4) is 0 Å². The van der Waals surface area contributed by atoms with Crippen LogP contribution in [-0.4, -0.2) is 61.9 Å². The number of hydrogen-bond acceptors (Lipinski definition) is 6. The minimum Gasteiger partial charge on any atom is -0.378 e. The van der Waals surface area contributed by atoms with Crippen molar-refractivity contribution in [3.63, 3.8) is 0 Å². The minimum atomic E-state index is 0.598. The molecule has 2 saturated heterocycles. The number of anilines is 1. The van der Waals surface area contributed by atoms with Crippen LogP contribution in [0, 0.1) is 0 Å². The summed E-state index contributed by atoms with van der Waals surface area (Å²) in [6.45, 7) is 10.2. The molecule has 0 amide bonds. The first kappa shape index (κ1) is 13.3. The number of thiazole rings is 1. The molecule has 1 atom stereocenters. The van der Waals surface area contributed by atoms with Gasteiger partial charge in [-0.05, 0) is 6.92 Å². The number of nitrogens with one attached hydrogen (secondary N) is 1. The summed E-state index contributed by atoms with van der Waals surface area (Å²) >= 11 is 1.83. The van der Waals surface area contributed by atoms with Crippen LogP contribution in [0.4, 0.5) is 5.13 Å². The lowest BCUT2D eigenvalue weighted by atomic mass is 10.2. The maximum atomic E-state index is 5.38. The van der Waals surface area contributed by atoms with Gasteiger partial charge in [-0.3, -0.25) is 4.90 Å². The van der Waals surface area contributed by atoms with Crippen molar-refractivity contribution in [1.29, 1.82) is 0 Å². The molecule has 2 aliphatic heterocycles. The first-order valence-electron chi connectivity index (χ1n) is 7.04. The highest BCUT2D eigenvalue weighted by molar-refractivity contribution is 7.15. The Bertz CT molecular complexity index is 405.